The van der Waals surface area contributed by atoms with Crippen molar-refractivity contribution in [2.75, 3.05) is 13.1 Å². The first-order chi connectivity index (χ1) is 20.4. The molecule has 2 N–H and O–H groups in total. The number of likely N-dealkylation sites (tertiary alicyclic amines) is 1. The molecule has 3 aromatic rings. The molecule has 2 heterocycles. The van der Waals surface area contributed by atoms with Crippen LogP contribution in [0.3, 0.4) is 0 Å². The van der Waals surface area contributed by atoms with Crippen LogP contribution in [-0.4, -0.2) is 44.2 Å². The number of nitrogens with two attached hydrogens (primary N) is 1. The maximum atomic E-state index is 14.5. The largest absolute Gasteiger partial charge is 0.342 e. The molecule has 1 saturated heterocycles. The number of rotatable bonds is 8. The van der Waals surface area contributed by atoms with Crippen molar-refractivity contribution in [1.29, 1.82) is 0 Å². The van der Waals surface area contributed by atoms with Crippen LogP contribution in [0.15, 0.2) is 67.3 Å². The lowest BCUT2D eigenvalue weighted by Gasteiger charge is -2.50. The Bertz CT molecular complexity index is 1270. The zero-order valence-electron chi connectivity index (χ0n) is 24.8. The van der Waals surface area contributed by atoms with Crippen molar-refractivity contribution in [3.63, 3.8) is 0 Å². The molecule has 2 aliphatic carbocycles. The van der Waals surface area contributed by atoms with E-state index in [0.29, 0.717) is 18.3 Å². The van der Waals surface area contributed by atoms with Crippen LogP contribution in [0.5, 0.6) is 0 Å². The van der Waals surface area contributed by atoms with Gasteiger partial charge in [0.25, 0.3) is 0 Å². The molecule has 6 nitrogen and oxygen atoms in total. The molecule has 2 saturated carbocycles. The first-order valence-electron chi connectivity index (χ1n) is 16.1. The smallest absolute Gasteiger partial charge is 0.227 e. The minimum absolute atomic E-state index is 0.171. The lowest BCUT2D eigenvalue weighted by Crippen LogP contribution is -2.58. The summed E-state index contributed by atoms with van der Waals surface area (Å²) in [5.74, 6) is 1.19. The molecular formula is C35H46ClN5O. The van der Waals surface area contributed by atoms with E-state index in [0.717, 1.165) is 68.7 Å². The van der Waals surface area contributed by atoms with Crippen molar-refractivity contribution in [2.24, 2.45) is 23.0 Å². The van der Waals surface area contributed by atoms with Gasteiger partial charge in [0, 0.05) is 30.2 Å². The maximum Gasteiger partial charge on any atom is 0.227 e. The molecule has 1 amide bonds. The Kier molecular flexibility index (Phi) is 9.01. The minimum atomic E-state index is -0.513. The van der Waals surface area contributed by atoms with Crippen LogP contribution >= 0.6 is 11.6 Å². The third kappa shape index (κ3) is 6.45. The Morgan fingerprint density at radius 3 is 2.26 bits per heavy atom. The number of carbonyl (C=O) groups is 1. The van der Waals surface area contributed by atoms with Crippen LogP contribution in [0.4, 0.5) is 0 Å². The summed E-state index contributed by atoms with van der Waals surface area (Å²) in [4.78, 5) is 20.9. The molecule has 1 atom stereocenters. The summed E-state index contributed by atoms with van der Waals surface area (Å²) in [7, 11) is 0. The number of aromatic nitrogens is 3. The van der Waals surface area contributed by atoms with E-state index in [1.807, 2.05) is 23.1 Å². The first kappa shape index (κ1) is 29.4. The Morgan fingerprint density at radius 1 is 0.929 bits per heavy atom. The summed E-state index contributed by atoms with van der Waals surface area (Å²) >= 11 is 6.21. The average Bonchev–Trinajstić information content (AvgIpc) is 3.55. The van der Waals surface area contributed by atoms with Crippen molar-refractivity contribution >= 4 is 17.5 Å². The van der Waals surface area contributed by atoms with Gasteiger partial charge in [0.1, 0.15) is 12.7 Å². The van der Waals surface area contributed by atoms with E-state index in [4.69, 9.17) is 17.3 Å². The predicted molar refractivity (Wildman–Crippen MR) is 168 cm³/mol. The predicted octanol–water partition coefficient (Wildman–Crippen LogP) is 7.03. The molecule has 3 aliphatic rings. The molecule has 0 radical (unpaired) electrons. The van der Waals surface area contributed by atoms with Gasteiger partial charge in [-0.1, -0.05) is 73.3 Å². The molecule has 1 aromatic heterocycles. The molecule has 2 aromatic carbocycles. The van der Waals surface area contributed by atoms with Crippen LogP contribution < -0.4 is 5.73 Å². The molecule has 1 aliphatic heterocycles. The van der Waals surface area contributed by atoms with Crippen molar-refractivity contribution in [1.82, 2.24) is 19.7 Å². The van der Waals surface area contributed by atoms with Crippen LogP contribution in [0, 0.1) is 17.3 Å². The van der Waals surface area contributed by atoms with Crippen molar-refractivity contribution in [3.05, 3.63) is 83.4 Å². The summed E-state index contributed by atoms with van der Waals surface area (Å²) in [5.41, 5.74) is 9.48. The second-order valence-electron chi connectivity index (χ2n) is 13.4. The molecular weight excluding hydrogens is 542 g/mol. The Balaban J connectivity index is 1.20. The number of hydrogen-bond acceptors (Lipinski definition) is 4. The lowest BCUT2D eigenvalue weighted by atomic mass is 9.63. The normalized spacial score (nSPS) is 25.7. The van der Waals surface area contributed by atoms with E-state index < -0.39 is 5.54 Å². The summed E-state index contributed by atoms with van der Waals surface area (Å²) in [6, 6.07) is 18.8. The fourth-order valence-electron chi connectivity index (χ4n) is 8.40. The maximum absolute atomic E-state index is 14.5. The highest BCUT2D eigenvalue weighted by Crippen LogP contribution is 2.48. The van der Waals surface area contributed by atoms with E-state index in [-0.39, 0.29) is 17.2 Å². The lowest BCUT2D eigenvalue weighted by molar-refractivity contribution is -0.142. The second kappa shape index (κ2) is 12.9. The van der Waals surface area contributed by atoms with E-state index in [1.54, 1.807) is 6.33 Å². The van der Waals surface area contributed by atoms with Gasteiger partial charge in [0.2, 0.25) is 5.91 Å². The van der Waals surface area contributed by atoms with Crippen LogP contribution in [0.25, 0.3) is 0 Å². The van der Waals surface area contributed by atoms with Gasteiger partial charge < -0.3 is 10.6 Å². The molecule has 42 heavy (non-hydrogen) atoms. The highest BCUT2D eigenvalue weighted by atomic mass is 35.5. The number of nitrogens with zero attached hydrogens (tertiary/aromatic N) is 4. The quantitative estimate of drug-likeness (QED) is 0.307. The summed E-state index contributed by atoms with van der Waals surface area (Å²) in [6.45, 7) is 2.49. The molecule has 0 bridgehead atoms. The van der Waals surface area contributed by atoms with E-state index in [2.05, 4.69) is 57.4 Å². The van der Waals surface area contributed by atoms with E-state index in [9.17, 15) is 4.79 Å². The van der Waals surface area contributed by atoms with E-state index in [1.165, 1.54) is 37.7 Å². The highest BCUT2D eigenvalue weighted by Gasteiger charge is 2.47. The zero-order valence-corrected chi connectivity index (χ0v) is 25.6. The number of carbonyl (C=O) groups excluding carboxylic acids is 1. The molecule has 0 spiro atoms. The van der Waals surface area contributed by atoms with Gasteiger partial charge >= 0.3 is 0 Å². The summed E-state index contributed by atoms with van der Waals surface area (Å²) in [5, 5.41) is 5.20. The zero-order chi connectivity index (χ0) is 29.0. The van der Waals surface area contributed by atoms with Gasteiger partial charge in [0.15, 0.2) is 0 Å². The van der Waals surface area contributed by atoms with Crippen molar-refractivity contribution < 1.29 is 4.79 Å². The SMILES string of the molecule is NC1([C@@H](Cc2ccc(Cl)cc2)C(=O)N2CCC(Cn3cncn3)(C3CCCCC3)CC2)CCC(c2ccccc2)CC1. The van der Waals surface area contributed by atoms with Gasteiger partial charge in [-0.15, -0.1) is 0 Å². The fourth-order valence-corrected chi connectivity index (χ4v) is 8.52. The van der Waals surface area contributed by atoms with Gasteiger partial charge in [-0.3, -0.25) is 9.48 Å². The standard InChI is InChI=1S/C35H46ClN5O/c36-31-13-11-27(12-14-31)23-32(35(37)17-15-29(16-18-35)28-7-3-1-4-8-28)33(42)40-21-19-34(20-22-40,24-41-26-38-25-39-41)30-9-5-2-6-10-30/h1,3-4,7-8,11-14,25-26,29-30,32H,2,5-6,9-10,15-24,37H2/t29?,32-,35?/m0/s1. The fraction of sp³-hybridized carbons (Fsp3) is 0.571. The highest BCUT2D eigenvalue weighted by molar-refractivity contribution is 6.30. The number of piperidine rings is 1. The van der Waals surface area contributed by atoms with Gasteiger partial charge in [-0.05, 0) is 98.3 Å². The molecule has 3 fully saturated rings. The van der Waals surface area contributed by atoms with Crippen LogP contribution in [-0.2, 0) is 17.8 Å². The third-order valence-corrected chi connectivity index (χ3v) is 11.3. The third-order valence-electron chi connectivity index (χ3n) is 11.0. The van der Waals surface area contributed by atoms with Crippen LogP contribution in [0.2, 0.25) is 5.02 Å². The Hall–Kier alpha value is -2.70. The monoisotopic (exact) mass is 587 g/mol. The second-order valence-corrected chi connectivity index (χ2v) is 13.9. The number of benzene rings is 2. The molecule has 0 unspecified atom stereocenters. The first-order valence-corrected chi connectivity index (χ1v) is 16.5. The van der Waals surface area contributed by atoms with Crippen molar-refractivity contribution in [3.8, 4) is 0 Å². The average molecular weight is 588 g/mol. The van der Waals surface area contributed by atoms with Gasteiger partial charge in [-0.25, -0.2) is 4.98 Å². The van der Waals surface area contributed by atoms with Crippen molar-refractivity contribution in [2.45, 2.75) is 95.1 Å². The topological polar surface area (TPSA) is 77.0 Å². The molecule has 224 valence electrons. The number of hydrogen-bond donors (Lipinski definition) is 1. The van der Waals surface area contributed by atoms with E-state index >= 15 is 0 Å². The van der Waals surface area contributed by atoms with Gasteiger partial charge in [0.05, 0.1) is 5.92 Å². The van der Waals surface area contributed by atoms with Gasteiger partial charge in [-0.2, -0.15) is 5.10 Å². The summed E-state index contributed by atoms with van der Waals surface area (Å²) in [6.07, 6.45) is 16.5. The Labute approximate surface area is 256 Å². The summed E-state index contributed by atoms with van der Waals surface area (Å²) < 4.78 is 2.02. The Morgan fingerprint density at radius 2 is 1.62 bits per heavy atom. The molecule has 7 heteroatoms. The number of halogens is 1. The van der Waals surface area contributed by atoms with Crippen LogP contribution in [0.1, 0.15) is 87.7 Å². The number of amides is 1. The minimum Gasteiger partial charge on any atom is -0.342 e. The molecule has 6 rings (SSSR count).